The Morgan fingerprint density at radius 1 is 0.596 bits per heavy atom. The van der Waals surface area contributed by atoms with Crippen molar-refractivity contribution >= 4 is 16.8 Å². The van der Waals surface area contributed by atoms with E-state index in [4.69, 9.17) is 18.9 Å². The Labute approximate surface area is 336 Å². The fourth-order valence-corrected chi connectivity index (χ4v) is 11.3. The fourth-order valence-electron chi connectivity index (χ4n) is 11.3. The van der Waals surface area contributed by atoms with Gasteiger partial charge in [-0.3, -0.25) is 0 Å². The van der Waals surface area contributed by atoms with E-state index in [-0.39, 0.29) is 22.0 Å². The minimum Gasteiger partial charge on any atom is -0.507 e. The largest absolute Gasteiger partial charge is 0.507 e. The molecular formula is C52H52O5. The Hall–Kier alpha value is -5.68. The smallest absolute Gasteiger partial charge is 0.178 e. The summed E-state index contributed by atoms with van der Waals surface area (Å²) in [6.45, 7) is 14.0. The molecule has 0 atom stereocenters. The van der Waals surface area contributed by atoms with E-state index < -0.39 is 5.60 Å². The van der Waals surface area contributed by atoms with E-state index in [0.29, 0.717) is 0 Å². The summed E-state index contributed by atoms with van der Waals surface area (Å²) in [6, 6.07) is 33.5. The van der Waals surface area contributed by atoms with Crippen LogP contribution in [0.3, 0.4) is 0 Å². The van der Waals surface area contributed by atoms with Crippen LogP contribution in [0.25, 0.3) is 39.1 Å². The maximum absolute atomic E-state index is 12.2. The number of aryl methyl sites for hydroxylation is 2. The second-order valence-corrected chi connectivity index (χ2v) is 18.2. The Kier molecular flexibility index (Phi) is 8.37. The lowest BCUT2D eigenvalue weighted by molar-refractivity contribution is 0.0641. The molecule has 0 unspecified atom stereocenters. The van der Waals surface area contributed by atoms with Gasteiger partial charge in [-0.15, -0.1) is 0 Å². The third-order valence-corrected chi connectivity index (χ3v) is 12.9. The second kappa shape index (κ2) is 12.9. The molecule has 5 nitrogen and oxygen atoms in total. The number of hydrogen-bond acceptors (Lipinski definition) is 5. The predicted molar refractivity (Wildman–Crippen MR) is 231 cm³/mol. The normalized spacial score (nSPS) is 17.7. The molecule has 5 heteroatoms. The van der Waals surface area contributed by atoms with Crippen molar-refractivity contribution in [1.29, 1.82) is 0 Å². The van der Waals surface area contributed by atoms with Crippen LogP contribution in [0.15, 0.2) is 103 Å². The van der Waals surface area contributed by atoms with Crippen LogP contribution in [0.4, 0.5) is 0 Å². The number of phenolic OH excluding ortho intramolecular Hbond substituents is 1. The van der Waals surface area contributed by atoms with Crippen molar-refractivity contribution in [2.24, 2.45) is 10.8 Å². The van der Waals surface area contributed by atoms with Crippen molar-refractivity contribution in [1.82, 2.24) is 0 Å². The van der Waals surface area contributed by atoms with Crippen LogP contribution in [0.1, 0.15) is 85.9 Å². The van der Waals surface area contributed by atoms with Crippen LogP contribution in [-0.4, -0.2) is 26.4 Å². The molecule has 1 aliphatic heterocycles. The van der Waals surface area contributed by atoms with Crippen molar-refractivity contribution in [3.8, 4) is 51.0 Å². The van der Waals surface area contributed by atoms with E-state index in [0.717, 1.165) is 86.4 Å². The SMILES string of the molecule is COc1ccc(C2(c3ccc(OC)cc3)C=Cc3c4c(c5cc(O)c(-c6ccc(OC)cc6C)cc5c3O2)-c2ccc(C)cc2C42CC(C)(C)CC(C)(C)C2)cc1. The van der Waals surface area contributed by atoms with Crippen LogP contribution in [-0.2, 0) is 11.0 Å². The average Bonchev–Trinajstić information content (AvgIpc) is 3.43. The van der Waals surface area contributed by atoms with Gasteiger partial charge in [0.05, 0.1) is 21.3 Å². The molecule has 9 rings (SSSR count). The number of benzene rings is 6. The molecule has 1 saturated carbocycles. The molecule has 6 aromatic rings. The summed E-state index contributed by atoms with van der Waals surface area (Å²) in [6.07, 6.45) is 7.75. The minimum absolute atomic E-state index is 0.0826. The van der Waals surface area contributed by atoms with Gasteiger partial charge < -0.3 is 24.1 Å². The highest BCUT2D eigenvalue weighted by Crippen LogP contribution is 2.67. The molecule has 1 spiro atoms. The van der Waals surface area contributed by atoms with Gasteiger partial charge in [-0.2, -0.15) is 0 Å². The zero-order valence-corrected chi connectivity index (χ0v) is 34.6. The first-order chi connectivity index (χ1) is 27.2. The molecule has 57 heavy (non-hydrogen) atoms. The zero-order chi connectivity index (χ0) is 40.1. The third kappa shape index (κ3) is 5.72. The molecule has 3 aliphatic rings. The molecule has 290 valence electrons. The van der Waals surface area contributed by atoms with E-state index in [2.05, 4.69) is 102 Å². The van der Waals surface area contributed by atoms with Crippen molar-refractivity contribution < 1.29 is 24.1 Å². The molecule has 0 saturated heterocycles. The van der Waals surface area contributed by atoms with E-state index >= 15 is 0 Å². The van der Waals surface area contributed by atoms with Gasteiger partial charge in [0.15, 0.2) is 5.60 Å². The van der Waals surface area contributed by atoms with Crippen LogP contribution < -0.4 is 18.9 Å². The van der Waals surface area contributed by atoms with Gasteiger partial charge in [0.25, 0.3) is 0 Å². The topological polar surface area (TPSA) is 57.2 Å². The Morgan fingerprint density at radius 3 is 1.75 bits per heavy atom. The van der Waals surface area contributed by atoms with Gasteiger partial charge in [0.1, 0.15) is 28.7 Å². The van der Waals surface area contributed by atoms with Gasteiger partial charge in [0, 0.05) is 33.1 Å². The van der Waals surface area contributed by atoms with Crippen molar-refractivity contribution in [3.05, 3.63) is 142 Å². The molecule has 1 fully saturated rings. The van der Waals surface area contributed by atoms with Crippen molar-refractivity contribution in [3.63, 3.8) is 0 Å². The molecule has 1 heterocycles. The van der Waals surface area contributed by atoms with Crippen molar-refractivity contribution in [2.45, 2.75) is 71.8 Å². The number of aromatic hydroxyl groups is 1. The highest BCUT2D eigenvalue weighted by atomic mass is 16.5. The highest BCUT2D eigenvalue weighted by Gasteiger charge is 2.55. The lowest BCUT2D eigenvalue weighted by atomic mass is 9.52. The quantitative estimate of drug-likeness (QED) is 0.183. The Bertz CT molecular complexity index is 2540. The summed E-state index contributed by atoms with van der Waals surface area (Å²) in [5.41, 5.74) is 11.1. The van der Waals surface area contributed by atoms with Crippen LogP contribution in [0.2, 0.25) is 0 Å². The van der Waals surface area contributed by atoms with Crippen LogP contribution >= 0.6 is 0 Å². The Morgan fingerprint density at radius 2 is 1.18 bits per heavy atom. The lowest BCUT2D eigenvalue weighted by Gasteiger charge is -2.52. The zero-order valence-electron chi connectivity index (χ0n) is 34.6. The molecular weight excluding hydrogens is 705 g/mol. The summed E-state index contributed by atoms with van der Waals surface area (Å²) in [4.78, 5) is 0. The third-order valence-electron chi connectivity index (χ3n) is 12.9. The number of rotatable bonds is 6. The van der Waals surface area contributed by atoms with E-state index in [1.807, 2.05) is 48.5 Å². The standard InChI is InChI=1S/C52H52O5/c1-31-10-20-39-44(24-31)51(29-49(3,4)28-50(5,6)30-51)47-40-22-23-52(33-11-15-35(54-7)16-12-33,34-13-17-36(55-8)18-14-34)57-48(40)43-26-41(45(53)27-42(43)46(39)47)38-21-19-37(56-9)25-32(38)2/h10-27,53H,28-30H2,1-9H3. The number of fused-ring (bicyclic) bond motifs is 10. The number of phenols is 1. The number of ether oxygens (including phenoxy) is 4. The van der Waals surface area contributed by atoms with Gasteiger partial charge in [-0.1, -0.05) is 87.9 Å². The maximum Gasteiger partial charge on any atom is 0.178 e. The monoisotopic (exact) mass is 756 g/mol. The lowest BCUT2D eigenvalue weighted by Crippen LogP contribution is -2.44. The fraction of sp³-hybridized carbons (Fsp3) is 0.308. The maximum atomic E-state index is 12.2. The van der Waals surface area contributed by atoms with Gasteiger partial charge in [-0.25, -0.2) is 0 Å². The van der Waals surface area contributed by atoms with Gasteiger partial charge in [-0.05, 0) is 137 Å². The van der Waals surface area contributed by atoms with Gasteiger partial charge in [0.2, 0.25) is 0 Å². The first kappa shape index (κ1) is 36.9. The summed E-state index contributed by atoms with van der Waals surface area (Å²) in [5, 5.41) is 14.1. The van der Waals surface area contributed by atoms with Crippen molar-refractivity contribution in [2.75, 3.05) is 21.3 Å². The minimum atomic E-state index is -0.985. The van der Waals surface area contributed by atoms with E-state index in [9.17, 15) is 5.11 Å². The molecule has 0 radical (unpaired) electrons. The molecule has 1 N–H and O–H groups in total. The molecule has 0 amide bonds. The first-order valence-corrected chi connectivity index (χ1v) is 20.0. The first-order valence-electron chi connectivity index (χ1n) is 20.0. The van der Waals surface area contributed by atoms with E-state index in [1.54, 1.807) is 21.3 Å². The number of hydrogen-bond donors (Lipinski definition) is 1. The Balaban J connectivity index is 1.41. The molecule has 2 aliphatic carbocycles. The summed E-state index contributed by atoms with van der Waals surface area (Å²) >= 11 is 0. The highest BCUT2D eigenvalue weighted by molar-refractivity contribution is 6.10. The summed E-state index contributed by atoms with van der Waals surface area (Å²) < 4.78 is 24.6. The van der Waals surface area contributed by atoms with Gasteiger partial charge >= 0.3 is 0 Å². The summed E-state index contributed by atoms with van der Waals surface area (Å²) in [7, 11) is 5.06. The molecule has 0 aromatic heterocycles. The second-order valence-electron chi connectivity index (χ2n) is 18.2. The van der Waals surface area contributed by atoms with Crippen LogP contribution in [0, 0.1) is 24.7 Å². The van der Waals surface area contributed by atoms with E-state index in [1.165, 1.54) is 27.8 Å². The molecule has 6 aromatic carbocycles. The predicted octanol–water partition coefficient (Wildman–Crippen LogP) is 12.7. The summed E-state index contributed by atoms with van der Waals surface area (Å²) in [5.74, 6) is 3.38. The van der Waals surface area contributed by atoms with Crippen LogP contribution in [0.5, 0.6) is 28.7 Å². The average molecular weight is 757 g/mol. The molecule has 0 bridgehead atoms. The number of methoxy groups -OCH3 is 3.